The van der Waals surface area contributed by atoms with Gasteiger partial charge in [-0.15, -0.1) is 0 Å². The Morgan fingerprint density at radius 2 is 1.80 bits per heavy atom. The summed E-state index contributed by atoms with van der Waals surface area (Å²) < 4.78 is 1.91. The Morgan fingerprint density at radius 3 is 2.63 bits per heavy atom. The van der Waals surface area contributed by atoms with Crippen LogP contribution in [-0.4, -0.2) is 49.7 Å². The number of aryl methyl sites for hydroxylation is 1. The van der Waals surface area contributed by atoms with Crippen molar-refractivity contribution in [2.24, 2.45) is 0 Å². The normalized spacial score (nSPS) is 11.5. The lowest BCUT2D eigenvalue weighted by Crippen LogP contribution is -1.92. The molecule has 0 aliphatic rings. The minimum absolute atomic E-state index is 0.608. The van der Waals surface area contributed by atoms with Crippen LogP contribution >= 0.6 is 0 Å². The molecule has 0 aliphatic heterocycles. The van der Waals surface area contributed by atoms with Gasteiger partial charge in [0.05, 0.1) is 46.8 Å². The molecule has 0 saturated heterocycles. The van der Waals surface area contributed by atoms with Crippen LogP contribution in [0.15, 0.2) is 55.8 Å². The predicted octanol–water partition coefficient (Wildman–Crippen LogP) is 2.85. The first-order valence-corrected chi connectivity index (χ1v) is 9.22. The molecular weight excluding hydrogens is 380 g/mol. The van der Waals surface area contributed by atoms with Crippen molar-refractivity contribution in [1.82, 2.24) is 49.7 Å². The van der Waals surface area contributed by atoms with Crippen LogP contribution in [0.4, 0.5) is 0 Å². The highest BCUT2D eigenvalue weighted by Gasteiger charge is 2.17. The topological polar surface area (TPSA) is 127 Å². The molecule has 6 aromatic rings. The second kappa shape index (κ2) is 6.27. The van der Waals surface area contributed by atoms with Crippen LogP contribution in [-0.2, 0) is 0 Å². The molecule has 0 spiro atoms. The van der Waals surface area contributed by atoms with E-state index >= 15 is 0 Å². The van der Waals surface area contributed by atoms with Gasteiger partial charge in [-0.1, -0.05) is 0 Å². The van der Waals surface area contributed by atoms with Crippen molar-refractivity contribution >= 4 is 22.1 Å². The number of rotatable bonds is 3. The second-order valence-corrected chi connectivity index (χ2v) is 6.85. The maximum absolute atomic E-state index is 4.80. The summed E-state index contributed by atoms with van der Waals surface area (Å²) >= 11 is 0. The summed E-state index contributed by atoms with van der Waals surface area (Å²) in [4.78, 5) is 29.7. The quantitative estimate of drug-likeness (QED) is 0.472. The van der Waals surface area contributed by atoms with E-state index in [-0.39, 0.29) is 0 Å². The molecule has 0 atom stereocenters. The third-order valence-electron chi connectivity index (χ3n) is 4.85. The van der Waals surface area contributed by atoms with Gasteiger partial charge in [-0.2, -0.15) is 5.10 Å². The highest BCUT2D eigenvalue weighted by Crippen LogP contribution is 2.28. The molecule has 2 N–H and O–H groups in total. The third kappa shape index (κ3) is 2.54. The van der Waals surface area contributed by atoms with E-state index in [1.54, 1.807) is 31.1 Å². The van der Waals surface area contributed by atoms with Gasteiger partial charge in [0.2, 0.25) is 0 Å². The number of hydrogen-bond acceptors (Lipinski definition) is 7. The molecule has 0 amide bonds. The molecule has 0 unspecified atom stereocenters. The Morgan fingerprint density at radius 1 is 0.900 bits per heavy atom. The summed E-state index contributed by atoms with van der Waals surface area (Å²) in [7, 11) is 0. The summed E-state index contributed by atoms with van der Waals surface area (Å²) in [6.07, 6.45) is 12.1. The van der Waals surface area contributed by atoms with Gasteiger partial charge in [0, 0.05) is 24.2 Å². The first-order valence-electron chi connectivity index (χ1n) is 9.22. The van der Waals surface area contributed by atoms with E-state index in [1.807, 2.05) is 29.8 Å². The fourth-order valence-electron chi connectivity index (χ4n) is 3.43. The molecule has 10 nitrogen and oxygen atoms in total. The predicted molar refractivity (Wildman–Crippen MR) is 110 cm³/mol. The molecule has 10 heteroatoms. The Kier molecular flexibility index (Phi) is 3.45. The second-order valence-electron chi connectivity index (χ2n) is 6.85. The number of nitrogens with zero attached hydrogens (tertiary/aromatic N) is 8. The van der Waals surface area contributed by atoms with Crippen LogP contribution in [0.25, 0.3) is 50.5 Å². The lowest BCUT2D eigenvalue weighted by atomic mass is 10.2. The van der Waals surface area contributed by atoms with Crippen molar-refractivity contribution in [3.05, 3.63) is 61.5 Å². The number of nitrogens with one attached hydrogen (secondary N) is 2. The SMILES string of the molecule is Cc1cn(-c2cncc3[nH]c(-c4n[nH]c5ccc(-c6cncnc6)nc45)nc23)cn1. The molecule has 0 aliphatic carbocycles. The van der Waals surface area contributed by atoms with Crippen LogP contribution < -0.4 is 0 Å². The average molecular weight is 394 g/mol. The fourth-order valence-corrected chi connectivity index (χ4v) is 3.43. The van der Waals surface area contributed by atoms with Crippen molar-refractivity contribution in [2.75, 3.05) is 0 Å². The van der Waals surface area contributed by atoms with Gasteiger partial charge in [0.25, 0.3) is 0 Å². The van der Waals surface area contributed by atoms with Gasteiger partial charge in [0.1, 0.15) is 17.4 Å². The molecule has 30 heavy (non-hydrogen) atoms. The smallest absolute Gasteiger partial charge is 0.161 e. The van der Waals surface area contributed by atoms with E-state index < -0.39 is 0 Å². The van der Waals surface area contributed by atoms with Crippen molar-refractivity contribution in [2.45, 2.75) is 6.92 Å². The number of aromatic nitrogens is 10. The Balaban J connectivity index is 1.52. The zero-order valence-electron chi connectivity index (χ0n) is 15.8. The molecule has 6 aromatic heterocycles. The van der Waals surface area contributed by atoms with Gasteiger partial charge in [0.15, 0.2) is 11.5 Å². The van der Waals surface area contributed by atoms with E-state index in [1.165, 1.54) is 6.33 Å². The van der Waals surface area contributed by atoms with Gasteiger partial charge in [-0.05, 0) is 19.1 Å². The van der Waals surface area contributed by atoms with Crippen LogP contribution in [0.3, 0.4) is 0 Å². The average Bonchev–Trinajstić information content (AvgIpc) is 3.51. The van der Waals surface area contributed by atoms with Gasteiger partial charge in [-0.3, -0.25) is 10.1 Å². The number of H-pyrrole nitrogens is 2. The lowest BCUT2D eigenvalue weighted by Gasteiger charge is -2.01. The summed E-state index contributed by atoms with van der Waals surface area (Å²) in [5.74, 6) is 0.608. The molecule has 6 rings (SSSR count). The summed E-state index contributed by atoms with van der Waals surface area (Å²) in [6, 6.07) is 3.84. The highest BCUT2D eigenvalue weighted by molar-refractivity contribution is 5.92. The Hall–Kier alpha value is -4.47. The van der Waals surface area contributed by atoms with Crippen molar-refractivity contribution < 1.29 is 0 Å². The first-order chi connectivity index (χ1) is 14.8. The van der Waals surface area contributed by atoms with Gasteiger partial charge >= 0.3 is 0 Å². The molecule has 6 heterocycles. The minimum Gasteiger partial charge on any atom is -0.335 e. The Bertz CT molecular complexity index is 1510. The van der Waals surface area contributed by atoms with Crippen molar-refractivity contribution in [1.29, 1.82) is 0 Å². The molecule has 0 saturated carbocycles. The van der Waals surface area contributed by atoms with Crippen LogP contribution in [0.1, 0.15) is 5.69 Å². The minimum atomic E-state index is 0.608. The van der Waals surface area contributed by atoms with E-state index in [4.69, 9.17) is 9.97 Å². The van der Waals surface area contributed by atoms with E-state index in [0.29, 0.717) is 17.0 Å². The summed E-state index contributed by atoms with van der Waals surface area (Å²) in [6.45, 7) is 1.94. The largest absolute Gasteiger partial charge is 0.335 e. The van der Waals surface area contributed by atoms with Crippen LogP contribution in [0.2, 0.25) is 0 Å². The number of aromatic amines is 2. The van der Waals surface area contributed by atoms with Crippen LogP contribution in [0, 0.1) is 6.92 Å². The number of pyridine rings is 2. The molecule has 0 radical (unpaired) electrons. The number of fused-ring (bicyclic) bond motifs is 2. The monoisotopic (exact) mass is 394 g/mol. The molecule has 0 bridgehead atoms. The first kappa shape index (κ1) is 16.5. The maximum Gasteiger partial charge on any atom is 0.161 e. The molecular formula is C20H14N10. The van der Waals surface area contributed by atoms with E-state index in [2.05, 4.69) is 35.1 Å². The van der Waals surface area contributed by atoms with Crippen molar-refractivity contribution in [3.63, 3.8) is 0 Å². The van der Waals surface area contributed by atoms with Gasteiger partial charge < -0.3 is 9.55 Å². The highest BCUT2D eigenvalue weighted by atomic mass is 15.2. The standard InChI is InChI=1S/C20H14N10/c1-11-8-30(10-24-11)16-7-21-6-15-17(16)27-20(26-15)19-18-14(28-29-19)3-2-13(25-18)12-4-22-9-23-5-12/h2-10H,1H3,(H,26,27)(H,28,29). The van der Waals surface area contributed by atoms with Crippen molar-refractivity contribution in [3.8, 4) is 28.5 Å². The fraction of sp³-hybridized carbons (Fsp3) is 0.0500. The molecule has 0 fully saturated rings. The zero-order valence-corrected chi connectivity index (χ0v) is 15.8. The van der Waals surface area contributed by atoms with Crippen LogP contribution in [0.5, 0.6) is 0 Å². The zero-order chi connectivity index (χ0) is 20.1. The van der Waals surface area contributed by atoms with Gasteiger partial charge in [-0.25, -0.2) is 24.9 Å². The lowest BCUT2D eigenvalue weighted by molar-refractivity contribution is 1.05. The number of hydrogen-bond donors (Lipinski definition) is 2. The maximum atomic E-state index is 4.80. The third-order valence-corrected chi connectivity index (χ3v) is 4.85. The van der Waals surface area contributed by atoms with E-state index in [0.717, 1.165) is 39.2 Å². The molecule has 144 valence electrons. The number of imidazole rings is 2. The summed E-state index contributed by atoms with van der Waals surface area (Å²) in [5.41, 5.74) is 7.09. The summed E-state index contributed by atoms with van der Waals surface area (Å²) in [5, 5.41) is 7.47. The van der Waals surface area contributed by atoms with E-state index in [9.17, 15) is 0 Å². The Labute approximate surface area is 169 Å². The molecule has 0 aromatic carbocycles.